The maximum Gasteiger partial charge on any atom is 0.213 e. The zero-order valence-electron chi connectivity index (χ0n) is 18.0. The van der Waals surface area contributed by atoms with E-state index in [1.807, 2.05) is 18.2 Å². The van der Waals surface area contributed by atoms with Gasteiger partial charge < -0.3 is 19.8 Å². The van der Waals surface area contributed by atoms with Gasteiger partial charge in [0, 0.05) is 24.6 Å². The second kappa shape index (κ2) is 10.2. The molecule has 154 valence electrons. The molecule has 0 radical (unpaired) electrons. The number of nitrogens with zero attached hydrogens (tertiary/aromatic N) is 2. The van der Waals surface area contributed by atoms with Gasteiger partial charge in [0.1, 0.15) is 11.5 Å². The van der Waals surface area contributed by atoms with E-state index in [4.69, 9.17) is 9.15 Å². The van der Waals surface area contributed by atoms with Crippen LogP contribution in [-0.2, 0) is 18.5 Å². The molecule has 2 aromatic rings. The van der Waals surface area contributed by atoms with Gasteiger partial charge in [0.15, 0.2) is 5.96 Å². The van der Waals surface area contributed by atoms with Crippen molar-refractivity contribution in [2.24, 2.45) is 10.9 Å². The predicted octanol–water partition coefficient (Wildman–Crippen LogP) is 4.26. The quantitative estimate of drug-likeness (QED) is 0.524. The van der Waals surface area contributed by atoms with Crippen LogP contribution in [0.5, 0.6) is 5.75 Å². The molecular formula is C22H34N4O2. The zero-order valence-corrected chi connectivity index (χ0v) is 18.0. The lowest BCUT2D eigenvalue weighted by molar-refractivity contribution is 0.286. The summed E-state index contributed by atoms with van der Waals surface area (Å²) in [5.41, 5.74) is 1.05. The first kappa shape index (κ1) is 21.8. The monoisotopic (exact) mass is 386 g/mol. The number of aromatic nitrogens is 1. The number of ether oxygens (including phenoxy) is 1. The Morgan fingerprint density at radius 1 is 1.18 bits per heavy atom. The fraction of sp³-hybridized carbons (Fsp3) is 0.545. The van der Waals surface area contributed by atoms with Crippen molar-refractivity contribution in [3.8, 4) is 5.75 Å². The molecule has 0 atom stereocenters. The maximum atomic E-state index is 5.95. The Morgan fingerprint density at radius 3 is 2.54 bits per heavy atom. The molecule has 1 heterocycles. The second-order valence-corrected chi connectivity index (χ2v) is 8.29. The Balaban J connectivity index is 1.88. The molecule has 0 fully saturated rings. The summed E-state index contributed by atoms with van der Waals surface area (Å²) in [4.78, 5) is 8.61. The molecule has 0 amide bonds. The molecule has 0 saturated carbocycles. The lowest BCUT2D eigenvalue weighted by Crippen LogP contribution is -2.36. The van der Waals surface area contributed by atoms with Gasteiger partial charge in [0.05, 0.1) is 19.3 Å². The third kappa shape index (κ3) is 6.91. The van der Waals surface area contributed by atoms with Crippen molar-refractivity contribution in [2.75, 3.05) is 13.7 Å². The average Bonchev–Trinajstić information content (AvgIpc) is 3.12. The van der Waals surface area contributed by atoms with Crippen LogP contribution in [0.15, 0.2) is 39.9 Å². The van der Waals surface area contributed by atoms with E-state index in [1.54, 1.807) is 13.2 Å². The van der Waals surface area contributed by atoms with Gasteiger partial charge in [-0.15, -0.1) is 0 Å². The third-order valence-corrected chi connectivity index (χ3v) is 4.30. The van der Waals surface area contributed by atoms with E-state index < -0.39 is 0 Å². The highest BCUT2D eigenvalue weighted by atomic mass is 16.5. The number of rotatable bonds is 8. The Labute approximate surface area is 168 Å². The highest BCUT2D eigenvalue weighted by molar-refractivity contribution is 5.79. The van der Waals surface area contributed by atoms with Crippen LogP contribution in [0.2, 0.25) is 0 Å². The lowest BCUT2D eigenvalue weighted by Gasteiger charge is -2.15. The first-order valence-corrected chi connectivity index (χ1v) is 9.90. The van der Waals surface area contributed by atoms with Crippen LogP contribution in [0.4, 0.5) is 0 Å². The van der Waals surface area contributed by atoms with Crippen LogP contribution in [0.3, 0.4) is 0 Å². The van der Waals surface area contributed by atoms with Crippen molar-refractivity contribution >= 4 is 5.96 Å². The molecule has 6 nitrogen and oxygen atoms in total. The van der Waals surface area contributed by atoms with E-state index >= 15 is 0 Å². The molecule has 0 unspecified atom stereocenters. The van der Waals surface area contributed by atoms with Crippen molar-refractivity contribution < 1.29 is 9.15 Å². The van der Waals surface area contributed by atoms with Crippen LogP contribution in [0.25, 0.3) is 0 Å². The van der Waals surface area contributed by atoms with Crippen molar-refractivity contribution in [1.82, 2.24) is 15.6 Å². The molecule has 0 aliphatic heterocycles. The van der Waals surface area contributed by atoms with Crippen LogP contribution < -0.4 is 15.4 Å². The number of guanidine groups is 1. The van der Waals surface area contributed by atoms with E-state index in [-0.39, 0.29) is 5.41 Å². The van der Waals surface area contributed by atoms with Crippen molar-refractivity contribution in [3.63, 3.8) is 0 Å². The average molecular weight is 387 g/mol. The molecule has 0 saturated heterocycles. The number of benzene rings is 1. The number of hydrogen-bond donors (Lipinski definition) is 2. The van der Waals surface area contributed by atoms with Crippen LogP contribution >= 0.6 is 0 Å². The van der Waals surface area contributed by atoms with Crippen LogP contribution in [-0.4, -0.2) is 24.6 Å². The molecule has 0 aliphatic rings. The van der Waals surface area contributed by atoms with Gasteiger partial charge in [0.2, 0.25) is 5.89 Å². The molecule has 0 spiro atoms. The molecule has 28 heavy (non-hydrogen) atoms. The summed E-state index contributed by atoms with van der Waals surface area (Å²) in [7, 11) is 1.75. The van der Waals surface area contributed by atoms with Gasteiger partial charge in [-0.05, 0) is 18.4 Å². The molecular weight excluding hydrogens is 352 g/mol. The summed E-state index contributed by atoms with van der Waals surface area (Å²) >= 11 is 0. The van der Waals surface area contributed by atoms with E-state index in [0.717, 1.165) is 30.1 Å². The van der Waals surface area contributed by atoms with Gasteiger partial charge in [-0.1, -0.05) is 52.8 Å². The number of nitrogens with one attached hydrogen (secondary N) is 2. The minimum atomic E-state index is -0.0511. The van der Waals surface area contributed by atoms with E-state index in [9.17, 15) is 0 Å². The standard InChI is InChI=1S/C22H34N4O2/c1-16(2)11-12-27-18-10-8-7-9-17(18)13-25-21(23-6)26-15-20-24-14-19(28-20)22(3,4)5/h7-10,14,16H,11-13,15H2,1-6H3,(H2,23,25,26). The topological polar surface area (TPSA) is 71.7 Å². The number of oxazole rings is 1. The van der Waals surface area contributed by atoms with E-state index in [0.29, 0.717) is 30.9 Å². The summed E-state index contributed by atoms with van der Waals surface area (Å²) in [6.45, 7) is 12.5. The minimum Gasteiger partial charge on any atom is -0.493 e. The lowest BCUT2D eigenvalue weighted by atomic mass is 9.94. The third-order valence-electron chi connectivity index (χ3n) is 4.30. The van der Waals surface area contributed by atoms with Crippen molar-refractivity contribution in [3.05, 3.63) is 47.7 Å². The Bertz CT molecular complexity index is 760. The Kier molecular flexibility index (Phi) is 7.91. The van der Waals surface area contributed by atoms with Gasteiger partial charge in [-0.2, -0.15) is 0 Å². The molecule has 2 rings (SSSR count). The number of hydrogen-bond acceptors (Lipinski definition) is 4. The normalized spacial score (nSPS) is 12.3. The number of aliphatic imine (C=N–C) groups is 1. The van der Waals surface area contributed by atoms with Gasteiger partial charge in [-0.25, -0.2) is 4.98 Å². The van der Waals surface area contributed by atoms with Crippen LogP contribution in [0, 0.1) is 5.92 Å². The summed E-state index contributed by atoms with van der Waals surface area (Å²) in [5, 5.41) is 6.56. The van der Waals surface area contributed by atoms with Crippen molar-refractivity contribution in [2.45, 2.75) is 59.5 Å². The summed E-state index contributed by atoms with van der Waals surface area (Å²) in [6.07, 6.45) is 2.83. The SMILES string of the molecule is CN=C(NCc1ncc(C(C)(C)C)o1)NCc1ccccc1OCCC(C)C. The summed E-state index contributed by atoms with van der Waals surface area (Å²) in [6, 6.07) is 8.09. The molecule has 2 N–H and O–H groups in total. The Hall–Kier alpha value is -2.50. The predicted molar refractivity (Wildman–Crippen MR) is 114 cm³/mol. The molecule has 1 aromatic heterocycles. The largest absolute Gasteiger partial charge is 0.493 e. The molecule has 0 aliphatic carbocycles. The van der Waals surface area contributed by atoms with E-state index in [1.165, 1.54) is 0 Å². The maximum absolute atomic E-state index is 5.95. The first-order chi connectivity index (χ1) is 13.3. The summed E-state index contributed by atoms with van der Waals surface area (Å²) in [5.74, 6) is 3.74. The van der Waals surface area contributed by atoms with Gasteiger partial charge in [0.25, 0.3) is 0 Å². The highest BCUT2D eigenvalue weighted by Gasteiger charge is 2.19. The molecule has 1 aromatic carbocycles. The Morgan fingerprint density at radius 2 is 1.89 bits per heavy atom. The fourth-order valence-corrected chi connectivity index (χ4v) is 2.49. The minimum absolute atomic E-state index is 0.0511. The van der Waals surface area contributed by atoms with Gasteiger partial charge >= 0.3 is 0 Å². The van der Waals surface area contributed by atoms with Crippen molar-refractivity contribution in [1.29, 1.82) is 0 Å². The fourth-order valence-electron chi connectivity index (χ4n) is 2.49. The summed E-state index contributed by atoms with van der Waals surface area (Å²) < 4.78 is 11.8. The van der Waals surface area contributed by atoms with Crippen LogP contribution in [0.1, 0.15) is 58.3 Å². The highest BCUT2D eigenvalue weighted by Crippen LogP contribution is 2.22. The first-order valence-electron chi connectivity index (χ1n) is 9.90. The van der Waals surface area contributed by atoms with E-state index in [2.05, 4.69) is 61.3 Å². The number of para-hydroxylation sites is 1. The zero-order chi connectivity index (χ0) is 20.6. The molecule has 0 bridgehead atoms. The molecule has 6 heteroatoms. The second-order valence-electron chi connectivity index (χ2n) is 8.29. The smallest absolute Gasteiger partial charge is 0.213 e. The van der Waals surface area contributed by atoms with Gasteiger partial charge in [-0.3, -0.25) is 4.99 Å².